The van der Waals surface area contributed by atoms with Crippen molar-refractivity contribution in [1.29, 1.82) is 0 Å². The molecule has 1 fully saturated rings. The molecular weight excluding hydrogens is 911 g/mol. The lowest BCUT2D eigenvalue weighted by Crippen LogP contribution is -2.61. The smallest absolute Gasteiger partial charge is 0.305 e. The van der Waals surface area contributed by atoms with E-state index in [4.69, 9.17) is 5.11 Å². The molecule has 0 aliphatic heterocycles. The zero-order chi connectivity index (χ0) is 51.1. The largest absolute Gasteiger partial charge is 0.481 e. The first-order chi connectivity index (χ1) is 32.0. The maximum Gasteiger partial charge on any atom is 0.305 e. The quantitative estimate of drug-likeness (QED) is 0.0522. The van der Waals surface area contributed by atoms with E-state index in [1.807, 2.05) is 4.72 Å². The Hall–Kier alpha value is -6.13. The van der Waals surface area contributed by atoms with Crippen molar-refractivity contribution in [1.82, 2.24) is 36.6 Å². The maximum atomic E-state index is 14.3. The van der Waals surface area contributed by atoms with E-state index in [9.17, 15) is 66.6 Å². The van der Waals surface area contributed by atoms with Gasteiger partial charge in [0.05, 0.1) is 17.7 Å². The van der Waals surface area contributed by atoms with Gasteiger partial charge < -0.3 is 47.2 Å². The SMILES string of the molecule is CCC[C@H](NC(=O)[C@H](CC1CCCCC1)NC(=O)[C@@H](NC(=O)[C@H](CC(C)C)NC(=O)[C@@H](CCC(=O)O)NC(=O)[C@H](CC(=O)O)NC(=O)CCC(=O)O)[C@@H](C)CC)C(=O)NS(=O)(=O)c1ccccc1. The number of rotatable bonds is 30. The summed E-state index contributed by atoms with van der Waals surface area (Å²) in [6, 6.07) is -1.46. The third-order valence-electron chi connectivity index (χ3n) is 11.4. The average molecular weight is 980 g/mol. The molecule has 1 aliphatic carbocycles. The summed E-state index contributed by atoms with van der Waals surface area (Å²) in [5, 5.41) is 42.7. The molecule has 23 heteroatoms. The minimum atomic E-state index is -4.29. The first-order valence-electron chi connectivity index (χ1n) is 23.1. The van der Waals surface area contributed by atoms with Crippen molar-refractivity contribution >= 4 is 69.3 Å². The van der Waals surface area contributed by atoms with E-state index < -0.39 is 144 Å². The van der Waals surface area contributed by atoms with E-state index in [0.717, 1.165) is 32.1 Å². The number of nitrogens with one attached hydrogen (secondary N) is 7. The highest BCUT2D eigenvalue weighted by atomic mass is 32.2. The van der Waals surface area contributed by atoms with Gasteiger partial charge in [0.2, 0.25) is 35.4 Å². The van der Waals surface area contributed by atoms with Crippen molar-refractivity contribution in [2.24, 2.45) is 17.8 Å². The first-order valence-corrected chi connectivity index (χ1v) is 24.5. The van der Waals surface area contributed by atoms with Gasteiger partial charge in [0, 0.05) is 12.8 Å². The standard InChI is InChI=1S/C45H69N7O15S/c1-6-14-30(44(64)52-68(66,67)29-17-12-9-13-18-29)47-41(61)33(24-28-15-10-8-11-16-28)50-45(65)39(27(5)7-2)51-43(63)32(23-26(3)4)49-40(60)31(19-21-36(54)55)48-42(62)34(25-38(58)59)46-35(53)20-22-37(56)57/h9,12-13,17-18,26-28,30-34,39H,6-8,10-11,14-16,19-25H2,1-5H3,(H,46,53)(H,47,61)(H,48,62)(H,49,60)(H,50,65)(H,51,63)(H,52,64)(H,54,55)(H,56,57)(H,58,59)/t27-,30-,31+,32-,33-,34-,39-/m0/s1. The second-order valence-electron chi connectivity index (χ2n) is 17.6. The van der Waals surface area contributed by atoms with E-state index in [1.165, 1.54) is 24.3 Å². The van der Waals surface area contributed by atoms with Crippen molar-refractivity contribution in [3.8, 4) is 0 Å². The number of carboxylic acid groups (broad SMARTS) is 3. The van der Waals surface area contributed by atoms with Gasteiger partial charge in [0.1, 0.15) is 36.3 Å². The molecule has 0 unspecified atom stereocenters. The highest BCUT2D eigenvalue weighted by Gasteiger charge is 2.37. The fraction of sp³-hybridized carbons (Fsp3) is 0.644. The molecule has 0 heterocycles. The Labute approximate surface area is 396 Å². The molecule has 1 aromatic rings. The van der Waals surface area contributed by atoms with Crippen LogP contribution in [0.1, 0.15) is 131 Å². The normalized spacial score (nSPS) is 16.0. The molecule has 0 aromatic heterocycles. The van der Waals surface area contributed by atoms with Crippen molar-refractivity contribution < 1.29 is 71.7 Å². The Morgan fingerprint density at radius 2 is 1.12 bits per heavy atom. The molecule has 0 bridgehead atoms. The van der Waals surface area contributed by atoms with Gasteiger partial charge in [-0.3, -0.25) is 47.9 Å². The van der Waals surface area contributed by atoms with E-state index in [0.29, 0.717) is 12.8 Å². The third kappa shape index (κ3) is 20.8. The molecule has 0 saturated heterocycles. The van der Waals surface area contributed by atoms with Crippen LogP contribution >= 0.6 is 0 Å². The van der Waals surface area contributed by atoms with Crippen LogP contribution in [0.15, 0.2) is 35.2 Å². The number of carboxylic acids is 3. The van der Waals surface area contributed by atoms with Gasteiger partial charge in [-0.25, -0.2) is 13.1 Å². The lowest BCUT2D eigenvalue weighted by Gasteiger charge is -2.31. The van der Waals surface area contributed by atoms with Gasteiger partial charge in [-0.05, 0) is 55.6 Å². The number of hydrogen-bond donors (Lipinski definition) is 10. The molecule has 380 valence electrons. The van der Waals surface area contributed by atoms with E-state index >= 15 is 0 Å². The van der Waals surface area contributed by atoms with Crippen LogP contribution in [0.5, 0.6) is 0 Å². The van der Waals surface area contributed by atoms with Crippen molar-refractivity contribution in [2.45, 2.75) is 172 Å². The molecule has 1 saturated carbocycles. The lowest BCUT2D eigenvalue weighted by atomic mass is 9.84. The maximum absolute atomic E-state index is 14.3. The summed E-state index contributed by atoms with van der Waals surface area (Å²) in [5.74, 6) is -11.6. The number of sulfonamides is 1. The molecule has 7 atom stereocenters. The Balaban J connectivity index is 2.40. The highest BCUT2D eigenvalue weighted by Crippen LogP contribution is 2.28. The van der Waals surface area contributed by atoms with Crippen LogP contribution in [0, 0.1) is 17.8 Å². The summed E-state index contributed by atoms with van der Waals surface area (Å²) in [6.45, 7) is 8.65. The zero-order valence-electron chi connectivity index (χ0n) is 39.3. The molecule has 68 heavy (non-hydrogen) atoms. The van der Waals surface area contributed by atoms with Crippen LogP contribution in [-0.2, 0) is 58.0 Å². The molecule has 7 amide bonds. The molecule has 0 radical (unpaired) electrons. The number of amides is 7. The molecule has 2 rings (SSSR count). The summed E-state index contributed by atoms with van der Waals surface area (Å²) >= 11 is 0. The average Bonchev–Trinajstić information content (AvgIpc) is 3.27. The predicted molar refractivity (Wildman–Crippen MR) is 244 cm³/mol. The summed E-state index contributed by atoms with van der Waals surface area (Å²) in [5.41, 5.74) is 0. The summed E-state index contributed by atoms with van der Waals surface area (Å²) in [4.78, 5) is 129. The molecule has 0 spiro atoms. The summed E-state index contributed by atoms with van der Waals surface area (Å²) in [6.07, 6.45) is 1.86. The minimum Gasteiger partial charge on any atom is -0.481 e. The summed E-state index contributed by atoms with van der Waals surface area (Å²) in [7, 11) is -4.29. The van der Waals surface area contributed by atoms with Crippen LogP contribution in [0.2, 0.25) is 0 Å². The second-order valence-corrected chi connectivity index (χ2v) is 19.3. The Morgan fingerprint density at radius 1 is 0.588 bits per heavy atom. The van der Waals surface area contributed by atoms with Crippen LogP contribution < -0.4 is 36.6 Å². The Morgan fingerprint density at radius 3 is 1.66 bits per heavy atom. The Kier molecular flexibility index (Phi) is 24.7. The number of carbonyl (C=O) groups excluding carboxylic acids is 7. The monoisotopic (exact) mass is 979 g/mol. The van der Waals surface area contributed by atoms with Crippen LogP contribution in [0.25, 0.3) is 0 Å². The van der Waals surface area contributed by atoms with Crippen molar-refractivity contribution in [3.05, 3.63) is 30.3 Å². The Bertz CT molecular complexity index is 2030. The molecule has 10 N–H and O–H groups in total. The fourth-order valence-electron chi connectivity index (χ4n) is 7.55. The van der Waals surface area contributed by atoms with Crippen LogP contribution in [-0.4, -0.2) is 119 Å². The van der Waals surface area contributed by atoms with Gasteiger partial charge in [-0.1, -0.05) is 97.8 Å². The van der Waals surface area contributed by atoms with Crippen LogP contribution in [0.4, 0.5) is 0 Å². The van der Waals surface area contributed by atoms with Gasteiger partial charge in [-0.15, -0.1) is 0 Å². The van der Waals surface area contributed by atoms with E-state index in [2.05, 4.69) is 31.9 Å². The van der Waals surface area contributed by atoms with Crippen LogP contribution in [0.3, 0.4) is 0 Å². The minimum absolute atomic E-state index is 0.0150. The molecular formula is C45H69N7O15S. The number of aliphatic carboxylic acids is 3. The summed E-state index contributed by atoms with van der Waals surface area (Å²) < 4.78 is 28.1. The van der Waals surface area contributed by atoms with Gasteiger partial charge in [0.25, 0.3) is 15.9 Å². The fourth-order valence-corrected chi connectivity index (χ4v) is 8.59. The second kappa shape index (κ2) is 28.9. The number of carbonyl (C=O) groups is 10. The topological polar surface area (TPSA) is 350 Å². The zero-order valence-corrected chi connectivity index (χ0v) is 40.2. The van der Waals surface area contributed by atoms with Gasteiger partial charge in [0.15, 0.2) is 0 Å². The van der Waals surface area contributed by atoms with E-state index in [1.54, 1.807) is 40.7 Å². The van der Waals surface area contributed by atoms with Gasteiger partial charge >= 0.3 is 17.9 Å². The third-order valence-corrected chi connectivity index (χ3v) is 12.8. The lowest BCUT2D eigenvalue weighted by molar-refractivity contribution is -0.142. The number of benzene rings is 1. The molecule has 1 aromatic carbocycles. The molecule has 22 nitrogen and oxygen atoms in total. The number of hydrogen-bond acceptors (Lipinski definition) is 12. The molecule has 1 aliphatic rings. The predicted octanol–water partition coefficient (Wildman–Crippen LogP) is 1.47. The van der Waals surface area contributed by atoms with Gasteiger partial charge in [-0.2, -0.15) is 0 Å². The van der Waals surface area contributed by atoms with Crippen molar-refractivity contribution in [2.75, 3.05) is 0 Å². The first kappa shape index (κ1) is 58.0. The van der Waals surface area contributed by atoms with E-state index in [-0.39, 0.29) is 36.0 Å². The highest BCUT2D eigenvalue weighted by molar-refractivity contribution is 7.90. The van der Waals surface area contributed by atoms with Crippen molar-refractivity contribution in [3.63, 3.8) is 0 Å².